The van der Waals surface area contributed by atoms with Gasteiger partial charge in [0.25, 0.3) is 0 Å². The predicted molar refractivity (Wildman–Crippen MR) is 83.2 cm³/mol. The zero-order valence-electron chi connectivity index (χ0n) is 11.4. The molecule has 0 bridgehead atoms. The summed E-state index contributed by atoms with van der Waals surface area (Å²) in [5.41, 5.74) is 2.25. The molecule has 0 radical (unpaired) electrons. The largest absolute Gasteiger partial charge is 0.384 e. The van der Waals surface area contributed by atoms with Crippen LogP contribution in [0.3, 0.4) is 0 Å². The molecule has 0 aliphatic rings. The minimum Gasteiger partial charge on any atom is -0.384 e. The van der Waals surface area contributed by atoms with Crippen molar-refractivity contribution in [2.75, 3.05) is 0 Å². The lowest BCUT2D eigenvalue weighted by molar-refractivity contribution is 0.215. The molecule has 0 heterocycles. The maximum atomic E-state index is 13.8. The number of rotatable bonds is 5. The van der Waals surface area contributed by atoms with Crippen molar-refractivity contribution in [3.05, 3.63) is 69.4 Å². The van der Waals surface area contributed by atoms with E-state index in [4.69, 9.17) is 0 Å². The van der Waals surface area contributed by atoms with Crippen LogP contribution in [0.1, 0.15) is 42.6 Å². The third-order valence-corrected chi connectivity index (χ3v) is 3.86. The number of benzene rings is 2. The van der Waals surface area contributed by atoms with Crippen molar-refractivity contribution in [3.63, 3.8) is 0 Å². The first-order valence-electron chi connectivity index (χ1n) is 6.83. The normalized spacial score (nSPS) is 12.4. The molecular formula is C17H18BrFO. The monoisotopic (exact) mass is 336 g/mol. The Morgan fingerprint density at radius 1 is 1.15 bits per heavy atom. The highest BCUT2D eigenvalue weighted by molar-refractivity contribution is 9.10. The average molecular weight is 337 g/mol. The Bertz CT molecular complexity index is 566. The second-order valence-corrected chi connectivity index (χ2v) is 5.83. The van der Waals surface area contributed by atoms with Crippen molar-refractivity contribution in [2.24, 2.45) is 0 Å². The van der Waals surface area contributed by atoms with Gasteiger partial charge in [-0.2, -0.15) is 0 Å². The minimum atomic E-state index is -0.937. The molecule has 0 aliphatic heterocycles. The van der Waals surface area contributed by atoms with Crippen molar-refractivity contribution in [2.45, 2.75) is 32.3 Å². The number of unbranched alkanes of at least 4 members (excludes halogenated alkanes) is 1. The third kappa shape index (κ3) is 3.68. The Morgan fingerprint density at radius 3 is 2.50 bits per heavy atom. The van der Waals surface area contributed by atoms with Gasteiger partial charge in [0, 0.05) is 10.0 Å². The molecule has 1 N–H and O–H groups in total. The van der Waals surface area contributed by atoms with Gasteiger partial charge in [-0.25, -0.2) is 4.39 Å². The summed E-state index contributed by atoms with van der Waals surface area (Å²) >= 11 is 3.30. The first-order chi connectivity index (χ1) is 9.61. The Labute approximate surface area is 127 Å². The quantitative estimate of drug-likeness (QED) is 0.813. The molecule has 2 aromatic rings. The van der Waals surface area contributed by atoms with Crippen LogP contribution in [0.15, 0.2) is 46.9 Å². The van der Waals surface area contributed by atoms with E-state index >= 15 is 0 Å². The lowest BCUT2D eigenvalue weighted by Crippen LogP contribution is -2.03. The van der Waals surface area contributed by atoms with Crippen molar-refractivity contribution in [3.8, 4) is 0 Å². The third-order valence-electron chi connectivity index (χ3n) is 3.37. The van der Waals surface area contributed by atoms with Crippen LogP contribution in [0, 0.1) is 5.82 Å². The molecule has 1 nitrogen and oxygen atoms in total. The number of halogens is 2. The molecule has 0 amide bonds. The number of aryl methyl sites for hydroxylation is 1. The molecule has 0 aromatic heterocycles. The summed E-state index contributed by atoms with van der Waals surface area (Å²) in [6, 6.07) is 12.4. The van der Waals surface area contributed by atoms with Gasteiger partial charge in [0.1, 0.15) is 11.9 Å². The molecule has 0 fully saturated rings. The van der Waals surface area contributed by atoms with Gasteiger partial charge in [0.2, 0.25) is 0 Å². The Morgan fingerprint density at radius 2 is 1.85 bits per heavy atom. The summed E-state index contributed by atoms with van der Waals surface area (Å²) in [6.45, 7) is 2.16. The zero-order valence-corrected chi connectivity index (χ0v) is 13.0. The van der Waals surface area contributed by atoms with E-state index in [1.807, 2.05) is 24.3 Å². The Hall–Kier alpha value is -1.19. The second kappa shape index (κ2) is 7.00. The topological polar surface area (TPSA) is 20.2 Å². The van der Waals surface area contributed by atoms with Gasteiger partial charge in [-0.05, 0) is 42.2 Å². The molecule has 0 saturated heterocycles. The molecule has 1 unspecified atom stereocenters. The maximum Gasteiger partial charge on any atom is 0.129 e. The van der Waals surface area contributed by atoms with Crippen molar-refractivity contribution in [1.82, 2.24) is 0 Å². The summed E-state index contributed by atoms with van der Waals surface area (Å²) in [5, 5.41) is 10.3. The highest BCUT2D eigenvalue weighted by Gasteiger charge is 2.15. The minimum absolute atomic E-state index is 0.292. The molecule has 20 heavy (non-hydrogen) atoms. The average Bonchev–Trinajstić information content (AvgIpc) is 2.47. The molecule has 1 atom stereocenters. The molecule has 0 spiro atoms. The summed E-state index contributed by atoms with van der Waals surface area (Å²) in [7, 11) is 0. The Kier molecular flexibility index (Phi) is 5.32. The lowest BCUT2D eigenvalue weighted by Gasteiger charge is -2.13. The number of aliphatic hydroxyl groups is 1. The Balaban J connectivity index is 2.20. The number of hydrogen-bond donors (Lipinski definition) is 1. The SMILES string of the molecule is CCCCc1ccc(C(O)c2cc(Br)ccc2F)cc1. The van der Waals surface area contributed by atoms with Gasteiger partial charge in [0.15, 0.2) is 0 Å². The van der Waals surface area contributed by atoms with Gasteiger partial charge in [0.05, 0.1) is 0 Å². The molecule has 2 rings (SSSR count). The first kappa shape index (κ1) is 15.2. The number of hydrogen-bond acceptors (Lipinski definition) is 1. The fourth-order valence-corrected chi connectivity index (χ4v) is 2.53. The van der Waals surface area contributed by atoms with E-state index in [9.17, 15) is 9.50 Å². The van der Waals surface area contributed by atoms with Crippen molar-refractivity contribution < 1.29 is 9.50 Å². The lowest BCUT2D eigenvalue weighted by atomic mass is 9.99. The standard InChI is InChI=1S/C17H18BrFO/c1-2-3-4-12-5-7-13(8-6-12)17(20)15-11-14(18)9-10-16(15)19/h5-11,17,20H,2-4H2,1H3. The fourth-order valence-electron chi connectivity index (χ4n) is 2.15. The second-order valence-electron chi connectivity index (χ2n) is 4.91. The fraction of sp³-hybridized carbons (Fsp3) is 0.294. The van der Waals surface area contributed by atoms with Gasteiger partial charge in [-0.1, -0.05) is 53.5 Å². The van der Waals surface area contributed by atoms with E-state index in [0.29, 0.717) is 11.1 Å². The highest BCUT2D eigenvalue weighted by atomic mass is 79.9. The van der Waals surface area contributed by atoms with Crippen LogP contribution in [0.25, 0.3) is 0 Å². The molecule has 0 aliphatic carbocycles. The summed E-state index contributed by atoms with van der Waals surface area (Å²) in [4.78, 5) is 0. The van der Waals surface area contributed by atoms with E-state index < -0.39 is 11.9 Å². The van der Waals surface area contributed by atoms with Crippen molar-refractivity contribution in [1.29, 1.82) is 0 Å². The maximum absolute atomic E-state index is 13.8. The smallest absolute Gasteiger partial charge is 0.129 e. The number of aliphatic hydroxyl groups excluding tert-OH is 1. The van der Waals surface area contributed by atoms with E-state index in [2.05, 4.69) is 22.9 Å². The molecule has 2 aromatic carbocycles. The van der Waals surface area contributed by atoms with E-state index in [-0.39, 0.29) is 0 Å². The van der Waals surface area contributed by atoms with E-state index in [0.717, 1.165) is 23.7 Å². The van der Waals surface area contributed by atoms with Crippen LogP contribution >= 0.6 is 15.9 Å². The zero-order chi connectivity index (χ0) is 14.5. The molecule has 3 heteroatoms. The summed E-state index contributed by atoms with van der Waals surface area (Å²) in [5.74, 6) is -0.393. The van der Waals surface area contributed by atoms with Gasteiger partial charge in [-0.3, -0.25) is 0 Å². The van der Waals surface area contributed by atoms with Crippen LogP contribution in [0.4, 0.5) is 4.39 Å². The van der Waals surface area contributed by atoms with Gasteiger partial charge in [-0.15, -0.1) is 0 Å². The van der Waals surface area contributed by atoms with Crippen LogP contribution in [0.2, 0.25) is 0 Å². The molecule has 106 valence electrons. The van der Waals surface area contributed by atoms with Crippen LogP contribution in [-0.4, -0.2) is 5.11 Å². The van der Waals surface area contributed by atoms with E-state index in [1.54, 1.807) is 12.1 Å². The van der Waals surface area contributed by atoms with E-state index in [1.165, 1.54) is 11.6 Å². The summed E-state index contributed by atoms with van der Waals surface area (Å²) < 4.78 is 14.5. The highest BCUT2D eigenvalue weighted by Crippen LogP contribution is 2.27. The van der Waals surface area contributed by atoms with Crippen LogP contribution in [-0.2, 0) is 6.42 Å². The first-order valence-corrected chi connectivity index (χ1v) is 7.63. The van der Waals surface area contributed by atoms with Gasteiger partial charge < -0.3 is 5.11 Å². The summed E-state index contributed by atoms with van der Waals surface area (Å²) in [6.07, 6.45) is 2.42. The predicted octanol–water partition coefficient (Wildman–Crippen LogP) is 5.01. The van der Waals surface area contributed by atoms with Crippen LogP contribution in [0.5, 0.6) is 0 Å². The molecule has 0 saturated carbocycles. The van der Waals surface area contributed by atoms with Crippen LogP contribution < -0.4 is 0 Å². The molecular weight excluding hydrogens is 319 g/mol. The van der Waals surface area contributed by atoms with Gasteiger partial charge >= 0.3 is 0 Å². The van der Waals surface area contributed by atoms with Crippen molar-refractivity contribution >= 4 is 15.9 Å².